The first-order valence-corrected chi connectivity index (χ1v) is 7.62. The lowest BCUT2D eigenvalue weighted by atomic mass is 9.88. The number of rotatable bonds is 1. The molecule has 2 aliphatic heterocycles. The fourth-order valence-corrected chi connectivity index (χ4v) is 3.87. The minimum absolute atomic E-state index is 0.146. The number of carbonyl (C=O) groups excluding carboxylic acids is 1. The van der Waals surface area contributed by atoms with Gasteiger partial charge in [-0.25, -0.2) is 0 Å². The van der Waals surface area contributed by atoms with Crippen molar-refractivity contribution in [3.63, 3.8) is 0 Å². The molecule has 3 rings (SSSR count). The molecule has 0 radical (unpaired) electrons. The van der Waals surface area contributed by atoms with E-state index in [1.165, 1.54) is 0 Å². The molecule has 2 aliphatic rings. The third kappa shape index (κ3) is 2.05. The van der Waals surface area contributed by atoms with Gasteiger partial charge in [-0.15, -0.1) is 11.3 Å². The summed E-state index contributed by atoms with van der Waals surface area (Å²) in [4.78, 5) is 15.0. The molecule has 19 heavy (non-hydrogen) atoms. The van der Waals surface area contributed by atoms with Gasteiger partial charge in [-0.2, -0.15) is 0 Å². The topological polar surface area (TPSA) is 49.8 Å². The highest BCUT2D eigenvalue weighted by molar-refractivity contribution is 7.10. The van der Waals surface area contributed by atoms with Gasteiger partial charge in [0.05, 0.1) is 10.9 Å². The van der Waals surface area contributed by atoms with E-state index < -0.39 is 11.7 Å². The Balaban J connectivity index is 2.01. The maximum absolute atomic E-state index is 12.2. The first-order chi connectivity index (χ1) is 9.00. The average molecular weight is 281 g/mol. The number of aliphatic hydroxyl groups excluding tert-OH is 1. The summed E-state index contributed by atoms with van der Waals surface area (Å²) in [6, 6.07) is 1.67. The summed E-state index contributed by atoms with van der Waals surface area (Å²) in [6.07, 6.45) is 1.86. The summed E-state index contributed by atoms with van der Waals surface area (Å²) in [5, 5.41) is 12.6. The van der Waals surface area contributed by atoms with Crippen molar-refractivity contribution in [3.05, 3.63) is 16.3 Å². The fourth-order valence-electron chi connectivity index (χ4n) is 2.91. The van der Waals surface area contributed by atoms with Gasteiger partial charge in [0.2, 0.25) is 5.91 Å². The van der Waals surface area contributed by atoms with Crippen molar-refractivity contribution in [2.45, 2.75) is 50.9 Å². The largest absolute Gasteiger partial charge is 0.484 e. The normalized spacial score (nSPS) is 29.8. The van der Waals surface area contributed by atoms with Crippen LogP contribution in [0.25, 0.3) is 0 Å². The molecule has 0 bridgehead atoms. The van der Waals surface area contributed by atoms with E-state index in [0.717, 1.165) is 30.0 Å². The van der Waals surface area contributed by atoms with Crippen LogP contribution in [0.1, 0.15) is 44.0 Å². The molecule has 5 heteroatoms. The molecular formula is C14H19NO3S. The monoisotopic (exact) mass is 281 g/mol. The third-order valence-electron chi connectivity index (χ3n) is 4.01. The number of fused-ring (bicyclic) bond motifs is 1. The smallest absolute Gasteiger partial charge is 0.223 e. The van der Waals surface area contributed by atoms with Crippen molar-refractivity contribution < 1.29 is 14.6 Å². The first kappa shape index (κ1) is 12.9. The van der Waals surface area contributed by atoms with Crippen LogP contribution in [0.15, 0.2) is 11.4 Å². The summed E-state index contributed by atoms with van der Waals surface area (Å²) >= 11 is 1.55. The Hall–Kier alpha value is -1.07. The third-order valence-corrected chi connectivity index (χ3v) is 4.97. The Morgan fingerprint density at radius 2 is 2.26 bits per heavy atom. The number of hydrogen-bond donors (Lipinski definition) is 1. The Morgan fingerprint density at radius 1 is 1.47 bits per heavy atom. The highest BCUT2D eigenvalue weighted by atomic mass is 32.1. The summed E-state index contributed by atoms with van der Waals surface area (Å²) < 4.78 is 5.85. The number of nitrogens with zero attached hydrogens (tertiary/aromatic N) is 1. The molecule has 1 aromatic heterocycles. The Bertz CT molecular complexity index is 497. The standard InChI is InChI=1S/C14H19NO3S/c1-14(2)13(17)11(12-9(18-14)6-8-19-12)15-7-4-3-5-10(15)16/h6,8,11,13,17H,3-5,7H2,1-2H3/t11-,13-/m1/s1. The van der Waals surface area contributed by atoms with Crippen LogP contribution in [0.5, 0.6) is 5.75 Å². The van der Waals surface area contributed by atoms with E-state index in [1.807, 2.05) is 30.2 Å². The van der Waals surface area contributed by atoms with Gasteiger partial charge in [-0.1, -0.05) is 0 Å². The molecule has 3 heterocycles. The zero-order valence-corrected chi connectivity index (χ0v) is 12.1. The van der Waals surface area contributed by atoms with Crippen LogP contribution in [0.3, 0.4) is 0 Å². The molecule has 0 saturated carbocycles. The number of aliphatic hydroxyl groups is 1. The molecule has 2 atom stereocenters. The second-order valence-electron chi connectivity index (χ2n) is 5.79. The number of carbonyl (C=O) groups is 1. The minimum atomic E-state index is -0.694. The molecule has 1 aromatic rings. The predicted octanol–water partition coefficient (Wildman–Crippen LogP) is 2.33. The molecule has 4 nitrogen and oxygen atoms in total. The van der Waals surface area contributed by atoms with Crippen molar-refractivity contribution in [1.82, 2.24) is 4.90 Å². The molecular weight excluding hydrogens is 262 g/mol. The Kier molecular flexibility index (Phi) is 3.06. The van der Waals surface area contributed by atoms with Crippen molar-refractivity contribution in [2.24, 2.45) is 0 Å². The lowest BCUT2D eigenvalue weighted by Crippen LogP contribution is -2.55. The van der Waals surface area contributed by atoms with Gasteiger partial charge in [0.15, 0.2) is 0 Å². The summed E-state index contributed by atoms with van der Waals surface area (Å²) in [6.45, 7) is 4.48. The molecule has 1 amide bonds. The van der Waals surface area contributed by atoms with Gasteiger partial charge >= 0.3 is 0 Å². The van der Waals surface area contributed by atoms with E-state index >= 15 is 0 Å². The van der Waals surface area contributed by atoms with Gasteiger partial charge in [-0.3, -0.25) is 4.79 Å². The second kappa shape index (κ2) is 4.49. The molecule has 0 unspecified atom stereocenters. The molecule has 1 fully saturated rings. The van der Waals surface area contributed by atoms with E-state index in [-0.39, 0.29) is 11.9 Å². The van der Waals surface area contributed by atoms with Crippen LogP contribution in [0, 0.1) is 0 Å². The van der Waals surface area contributed by atoms with Gasteiger partial charge in [-0.05, 0) is 38.1 Å². The van der Waals surface area contributed by atoms with Gasteiger partial charge in [0, 0.05) is 13.0 Å². The van der Waals surface area contributed by atoms with Crippen molar-refractivity contribution >= 4 is 17.2 Å². The fraction of sp³-hybridized carbons (Fsp3) is 0.643. The number of thiophene rings is 1. The van der Waals surface area contributed by atoms with E-state index in [9.17, 15) is 9.90 Å². The Labute approximate surface area is 117 Å². The highest BCUT2D eigenvalue weighted by Gasteiger charge is 2.47. The average Bonchev–Trinajstić information content (AvgIpc) is 2.79. The minimum Gasteiger partial charge on any atom is -0.484 e. The van der Waals surface area contributed by atoms with Crippen LogP contribution in [-0.4, -0.2) is 34.2 Å². The van der Waals surface area contributed by atoms with Gasteiger partial charge < -0.3 is 14.7 Å². The van der Waals surface area contributed by atoms with Crippen LogP contribution in [0.4, 0.5) is 0 Å². The van der Waals surface area contributed by atoms with Crippen LogP contribution < -0.4 is 4.74 Å². The van der Waals surface area contributed by atoms with Crippen LogP contribution in [0.2, 0.25) is 0 Å². The second-order valence-corrected chi connectivity index (χ2v) is 6.74. The number of piperidine rings is 1. The number of amides is 1. The first-order valence-electron chi connectivity index (χ1n) is 6.74. The maximum atomic E-state index is 12.2. The van der Waals surface area contributed by atoms with Crippen LogP contribution >= 0.6 is 11.3 Å². The van der Waals surface area contributed by atoms with E-state index in [4.69, 9.17) is 4.74 Å². The van der Waals surface area contributed by atoms with Crippen molar-refractivity contribution in [3.8, 4) is 5.75 Å². The number of ether oxygens (including phenoxy) is 1. The number of hydrogen-bond acceptors (Lipinski definition) is 4. The summed E-state index contributed by atoms with van der Waals surface area (Å²) in [5.74, 6) is 0.955. The summed E-state index contributed by atoms with van der Waals surface area (Å²) in [5.41, 5.74) is -0.670. The molecule has 104 valence electrons. The van der Waals surface area contributed by atoms with E-state index in [2.05, 4.69) is 0 Å². The molecule has 0 aromatic carbocycles. The van der Waals surface area contributed by atoms with Crippen molar-refractivity contribution in [1.29, 1.82) is 0 Å². The predicted molar refractivity (Wildman–Crippen MR) is 73.3 cm³/mol. The molecule has 0 aliphatic carbocycles. The molecule has 0 spiro atoms. The number of likely N-dealkylation sites (tertiary alicyclic amines) is 1. The van der Waals surface area contributed by atoms with Crippen LogP contribution in [-0.2, 0) is 4.79 Å². The van der Waals surface area contributed by atoms with E-state index in [0.29, 0.717) is 6.42 Å². The highest BCUT2D eigenvalue weighted by Crippen LogP contribution is 2.46. The van der Waals surface area contributed by atoms with Gasteiger partial charge in [0.25, 0.3) is 0 Å². The van der Waals surface area contributed by atoms with E-state index in [1.54, 1.807) is 11.3 Å². The zero-order valence-electron chi connectivity index (χ0n) is 11.3. The van der Waals surface area contributed by atoms with Crippen molar-refractivity contribution in [2.75, 3.05) is 6.54 Å². The molecule has 1 saturated heterocycles. The van der Waals surface area contributed by atoms with Gasteiger partial charge in [0.1, 0.15) is 17.5 Å². The maximum Gasteiger partial charge on any atom is 0.223 e. The molecule has 1 N–H and O–H groups in total. The zero-order chi connectivity index (χ0) is 13.6. The SMILES string of the molecule is CC1(C)Oc2ccsc2[C@@H](N2CCCCC2=O)[C@H]1O. The quantitative estimate of drug-likeness (QED) is 0.859. The lowest BCUT2D eigenvalue weighted by molar-refractivity contribution is -0.146. The summed E-state index contributed by atoms with van der Waals surface area (Å²) in [7, 11) is 0. The lowest BCUT2D eigenvalue weighted by Gasteiger charge is -2.46. The Morgan fingerprint density at radius 3 is 3.00 bits per heavy atom.